The SMILES string of the molecule is C[C@@H](O)C[C@H](O)[C@H](O)C[C@H](O)/C=C/c1cc2c(Cl)c(O)cc(O)c2c(=O)o1. The molecule has 148 valence electrons. The smallest absolute Gasteiger partial charge is 0.347 e. The first-order valence-electron chi connectivity index (χ1n) is 8.19. The molecule has 4 atom stereocenters. The van der Waals surface area contributed by atoms with Gasteiger partial charge in [-0.05, 0) is 19.1 Å². The molecule has 1 heterocycles. The first-order valence-corrected chi connectivity index (χ1v) is 8.56. The first-order chi connectivity index (χ1) is 12.6. The van der Waals surface area contributed by atoms with Crippen molar-refractivity contribution in [3.8, 4) is 11.5 Å². The highest BCUT2D eigenvalue weighted by Crippen LogP contribution is 2.36. The van der Waals surface area contributed by atoms with E-state index in [4.69, 9.17) is 16.0 Å². The van der Waals surface area contributed by atoms with Crippen LogP contribution in [0.5, 0.6) is 11.5 Å². The average Bonchev–Trinajstić information content (AvgIpc) is 2.56. The minimum Gasteiger partial charge on any atom is -0.507 e. The molecule has 0 saturated carbocycles. The summed E-state index contributed by atoms with van der Waals surface area (Å²) in [6, 6.07) is 2.24. The third-order valence-electron chi connectivity index (χ3n) is 3.95. The van der Waals surface area contributed by atoms with Gasteiger partial charge in [-0.1, -0.05) is 17.7 Å². The number of phenolic OH excluding ortho intramolecular Hbond substituents is 2. The summed E-state index contributed by atoms with van der Waals surface area (Å²) < 4.78 is 5.02. The minimum absolute atomic E-state index is 0.00234. The molecule has 0 radical (unpaired) electrons. The number of phenols is 2. The van der Waals surface area contributed by atoms with Gasteiger partial charge < -0.3 is 35.1 Å². The first kappa shape index (κ1) is 21.2. The molecule has 0 aliphatic rings. The third-order valence-corrected chi connectivity index (χ3v) is 4.35. The van der Waals surface area contributed by atoms with E-state index in [2.05, 4.69) is 0 Å². The normalized spacial score (nSPS) is 16.5. The molecule has 2 rings (SSSR count). The van der Waals surface area contributed by atoms with Crippen LogP contribution in [0.25, 0.3) is 16.8 Å². The van der Waals surface area contributed by atoms with E-state index in [0.29, 0.717) is 0 Å². The van der Waals surface area contributed by atoms with E-state index in [1.807, 2.05) is 0 Å². The molecular formula is C18H21ClO8. The Morgan fingerprint density at radius 2 is 1.70 bits per heavy atom. The molecule has 0 amide bonds. The third kappa shape index (κ3) is 5.21. The number of benzene rings is 1. The molecule has 0 aliphatic carbocycles. The Morgan fingerprint density at radius 3 is 2.33 bits per heavy atom. The number of aromatic hydroxyl groups is 2. The Kier molecular flexibility index (Phi) is 6.85. The number of hydrogen-bond acceptors (Lipinski definition) is 8. The van der Waals surface area contributed by atoms with E-state index in [9.17, 15) is 35.4 Å². The Morgan fingerprint density at radius 1 is 1.07 bits per heavy atom. The zero-order chi connectivity index (χ0) is 20.3. The molecule has 1 aromatic carbocycles. The van der Waals surface area contributed by atoms with Crippen LogP contribution in [-0.2, 0) is 0 Å². The van der Waals surface area contributed by atoms with Gasteiger partial charge in [-0.2, -0.15) is 0 Å². The fraction of sp³-hybridized carbons (Fsp3) is 0.389. The second-order valence-electron chi connectivity index (χ2n) is 6.34. The molecule has 9 heteroatoms. The summed E-state index contributed by atoms with van der Waals surface area (Å²) in [5.74, 6) is -0.888. The van der Waals surface area contributed by atoms with E-state index in [1.165, 1.54) is 25.1 Å². The van der Waals surface area contributed by atoms with Crippen LogP contribution in [0.3, 0.4) is 0 Å². The van der Waals surface area contributed by atoms with Gasteiger partial charge in [0.15, 0.2) is 0 Å². The van der Waals surface area contributed by atoms with Gasteiger partial charge in [0.1, 0.15) is 22.6 Å². The lowest BCUT2D eigenvalue weighted by molar-refractivity contribution is -0.0258. The number of aliphatic hydroxyl groups excluding tert-OH is 4. The van der Waals surface area contributed by atoms with Crippen molar-refractivity contribution < 1.29 is 35.1 Å². The van der Waals surface area contributed by atoms with Gasteiger partial charge in [-0.25, -0.2) is 4.79 Å². The highest BCUT2D eigenvalue weighted by Gasteiger charge is 2.20. The molecule has 0 aliphatic heterocycles. The van der Waals surface area contributed by atoms with E-state index in [1.54, 1.807) is 0 Å². The van der Waals surface area contributed by atoms with Crippen molar-refractivity contribution in [2.24, 2.45) is 0 Å². The number of fused-ring (bicyclic) bond motifs is 1. The molecule has 0 unspecified atom stereocenters. The molecule has 0 spiro atoms. The van der Waals surface area contributed by atoms with Crippen LogP contribution in [0, 0.1) is 0 Å². The van der Waals surface area contributed by atoms with Crippen molar-refractivity contribution in [1.82, 2.24) is 0 Å². The largest absolute Gasteiger partial charge is 0.507 e. The molecule has 1 aromatic heterocycles. The minimum atomic E-state index is -1.26. The van der Waals surface area contributed by atoms with Crippen molar-refractivity contribution in [3.05, 3.63) is 39.4 Å². The van der Waals surface area contributed by atoms with Gasteiger partial charge in [0.25, 0.3) is 0 Å². The van der Waals surface area contributed by atoms with Gasteiger partial charge in [-0.3, -0.25) is 0 Å². The lowest BCUT2D eigenvalue weighted by Crippen LogP contribution is -2.31. The Hall–Kier alpha value is -2.10. The highest BCUT2D eigenvalue weighted by molar-refractivity contribution is 6.37. The molecule has 27 heavy (non-hydrogen) atoms. The van der Waals surface area contributed by atoms with Gasteiger partial charge in [0, 0.05) is 24.3 Å². The number of hydrogen-bond donors (Lipinski definition) is 6. The summed E-state index contributed by atoms with van der Waals surface area (Å²) in [7, 11) is 0. The molecule has 0 bridgehead atoms. The predicted molar refractivity (Wildman–Crippen MR) is 98.8 cm³/mol. The molecule has 0 saturated heterocycles. The van der Waals surface area contributed by atoms with Crippen molar-refractivity contribution in [2.45, 2.75) is 44.2 Å². The van der Waals surface area contributed by atoms with Gasteiger partial charge in [0.05, 0.1) is 29.4 Å². The van der Waals surface area contributed by atoms with Gasteiger partial charge in [-0.15, -0.1) is 0 Å². The predicted octanol–water partition coefficient (Wildman–Crippen LogP) is 1.11. The second kappa shape index (κ2) is 8.73. The average molecular weight is 401 g/mol. The maximum atomic E-state index is 12.0. The Balaban J connectivity index is 2.20. The second-order valence-corrected chi connectivity index (χ2v) is 6.71. The fourth-order valence-electron chi connectivity index (χ4n) is 2.61. The zero-order valence-electron chi connectivity index (χ0n) is 14.4. The Bertz CT molecular complexity index is 889. The quantitative estimate of drug-likeness (QED) is 0.404. The van der Waals surface area contributed by atoms with Gasteiger partial charge in [0.2, 0.25) is 0 Å². The van der Waals surface area contributed by atoms with Crippen molar-refractivity contribution in [3.63, 3.8) is 0 Å². The highest BCUT2D eigenvalue weighted by atomic mass is 35.5. The van der Waals surface area contributed by atoms with Crippen LogP contribution in [-0.4, -0.2) is 55.1 Å². The van der Waals surface area contributed by atoms with Crippen LogP contribution >= 0.6 is 11.6 Å². The molecular weight excluding hydrogens is 380 g/mol. The summed E-state index contributed by atoms with van der Waals surface area (Å²) in [4.78, 5) is 12.0. The van der Waals surface area contributed by atoms with Crippen LogP contribution < -0.4 is 5.63 Å². The van der Waals surface area contributed by atoms with E-state index < -0.39 is 41.5 Å². The summed E-state index contributed by atoms with van der Waals surface area (Å²) in [5.41, 5.74) is -0.881. The lowest BCUT2D eigenvalue weighted by atomic mass is 10.0. The number of rotatable bonds is 7. The summed E-state index contributed by atoms with van der Waals surface area (Å²) in [6.45, 7) is 1.47. The van der Waals surface area contributed by atoms with Crippen molar-refractivity contribution in [2.75, 3.05) is 0 Å². The van der Waals surface area contributed by atoms with Crippen LogP contribution in [0.2, 0.25) is 5.02 Å². The van der Waals surface area contributed by atoms with Crippen molar-refractivity contribution in [1.29, 1.82) is 0 Å². The lowest BCUT2D eigenvalue weighted by Gasteiger charge is -2.20. The van der Waals surface area contributed by atoms with Crippen LogP contribution in [0.1, 0.15) is 25.5 Å². The molecule has 8 nitrogen and oxygen atoms in total. The standard InChI is InChI=1S/C18H21ClO8/c1-8(20)4-12(22)13(23)5-9(21)2-3-10-6-11-16(18(26)27-10)14(24)7-15(25)17(11)19/h2-3,6-9,12-13,20-25H,4-5H2,1H3/b3-2+/t8-,9-,12+,13-/m1/s1. The molecule has 0 fully saturated rings. The molecule has 6 N–H and O–H groups in total. The van der Waals surface area contributed by atoms with E-state index in [0.717, 1.165) is 6.07 Å². The fourth-order valence-corrected chi connectivity index (χ4v) is 2.81. The van der Waals surface area contributed by atoms with Crippen molar-refractivity contribution >= 4 is 28.4 Å². The molecule has 2 aromatic rings. The van der Waals surface area contributed by atoms with Crippen LogP contribution in [0.4, 0.5) is 0 Å². The maximum absolute atomic E-state index is 12.0. The topological polar surface area (TPSA) is 152 Å². The summed E-state index contributed by atoms with van der Waals surface area (Å²) in [6.07, 6.45) is -2.17. The van der Waals surface area contributed by atoms with Gasteiger partial charge >= 0.3 is 5.63 Å². The van der Waals surface area contributed by atoms with E-state index >= 15 is 0 Å². The number of halogens is 1. The summed E-state index contributed by atoms with van der Waals surface area (Å²) >= 11 is 5.95. The number of aliphatic hydroxyl groups is 4. The Labute approximate surface area is 159 Å². The van der Waals surface area contributed by atoms with E-state index in [-0.39, 0.29) is 34.4 Å². The zero-order valence-corrected chi connectivity index (χ0v) is 15.2. The maximum Gasteiger partial charge on any atom is 0.347 e. The summed E-state index contributed by atoms with van der Waals surface area (Å²) in [5, 5.41) is 57.8. The van der Waals surface area contributed by atoms with Crippen LogP contribution in [0.15, 0.2) is 27.4 Å². The monoisotopic (exact) mass is 400 g/mol.